The maximum Gasteiger partial charge on any atom is 0.193 e. The minimum atomic E-state index is 0.0243. The normalized spacial score (nSPS) is 14.1. The van der Waals surface area contributed by atoms with Crippen molar-refractivity contribution in [3.8, 4) is 0 Å². The van der Waals surface area contributed by atoms with Gasteiger partial charge >= 0.3 is 0 Å². The van der Waals surface area contributed by atoms with E-state index in [0.29, 0.717) is 11.1 Å². The van der Waals surface area contributed by atoms with Crippen LogP contribution in [0.5, 0.6) is 0 Å². The Morgan fingerprint density at radius 3 is 2.55 bits per heavy atom. The van der Waals surface area contributed by atoms with Gasteiger partial charge < -0.3 is 15.2 Å². The van der Waals surface area contributed by atoms with Crippen molar-refractivity contribution in [2.75, 3.05) is 31.1 Å². The van der Waals surface area contributed by atoms with Gasteiger partial charge in [0.2, 0.25) is 0 Å². The highest BCUT2D eigenvalue weighted by atomic mass is 32.2. The molecular weight excluding hydrogens is 404 g/mol. The van der Waals surface area contributed by atoms with E-state index in [0.717, 1.165) is 48.1 Å². The molecule has 156 valence electrons. The van der Waals surface area contributed by atoms with Crippen LogP contribution in [-0.2, 0) is 5.75 Å². The molecule has 0 aliphatic carbocycles. The summed E-state index contributed by atoms with van der Waals surface area (Å²) in [6.07, 6.45) is 0. The van der Waals surface area contributed by atoms with E-state index < -0.39 is 0 Å². The molecule has 6 heteroatoms. The monoisotopic (exact) mass is 428 g/mol. The number of H-pyrrole nitrogens is 1. The molecule has 31 heavy (non-hydrogen) atoms. The Balaban J connectivity index is 1.33. The molecule has 0 atom stereocenters. The zero-order chi connectivity index (χ0) is 21.0. The largest absolute Gasteiger partial charge is 0.369 e. The summed E-state index contributed by atoms with van der Waals surface area (Å²) < 4.78 is 0. The van der Waals surface area contributed by atoms with Gasteiger partial charge in [0, 0.05) is 48.7 Å². The molecule has 0 radical (unpaired) electrons. The lowest BCUT2D eigenvalue weighted by atomic mass is 10.0. The maximum absolute atomic E-state index is 12.7. The number of aromatic nitrogens is 2. The van der Waals surface area contributed by atoms with Crippen molar-refractivity contribution in [1.82, 2.24) is 15.3 Å². The summed E-state index contributed by atoms with van der Waals surface area (Å²) in [5, 5.41) is 4.28. The summed E-state index contributed by atoms with van der Waals surface area (Å²) in [6, 6.07) is 23.7. The summed E-state index contributed by atoms with van der Waals surface area (Å²) in [4.78, 5) is 23.3. The molecule has 1 saturated heterocycles. The first-order valence-corrected chi connectivity index (χ1v) is 11.5. The summed E-state index contributed by atoms with van der Waals surface area (Å²) in [5.41, 5.74) is 5.75. The van der Waals surface area contributed by atoms with Crippen molar-refractivity contribution < 1.29 is 4.79 Å². The molecule has 0 unspecified atom stereocenters. The number of fused-ring (bicyclic) bond motifs is 1. The van der Waals surface area contributed by atoms with E-state index in [4.69, 9.17) is 4.98 Å². The fourth-order valence-electron chi connectivity index (χ4n) is 3.95. The Morgan fingerprint density at radius 2 is 1.71 bits per heavy atom. The SMILES string of the molecule is O=C(c1ccccc1)c1ccc2nc(SCc3ccccc3N3CCNCC3)[nH]c2c1. The number of nitrogens with one attached hydrogen (secondary N) is 2. The highest BCUT2D eigenvalue weighted by Gasteiger charge is 2.15. The van der Waals surface area contributed by atoms with Crippen molar-refractivity contribution in [1.29, 1.82) is 0 Å². The van der Waals surface area contributed by atoms with E-state index in [2.05, 4.69) is 39.5 Å². The van der Waals surface area contributed by atoms with E-state index in [1.54, 1.807) is 11.8 Å². The number of hydrogen-bond donors (Lipinski definition) is 2. The fourth-order valence-corrected chi connectivity index (χ4v) is 4.83. The minimum absolute atomic E-state index is 0.0243. The molecule has 0 spiro atoms. The molecule has 0 amide bonds. The maximum atomic E-state index is 12.7. The predicted octanol–water partition coefficient (Wildman–Crippen LogP) is 4.50. The van der Waals surface area contributed by atoms with Crippen LogP contribution < -0.4 is 10.2 Å². The van der Waals surface area contributed by atoms with Crippen LogP contribution in [0.2, 0.25) is 0 Å². The molecule has 1 aliphatic heterocycles. The number of para-hydroxylation sites is 1. The van der Waals surface area contributed by atoms with Crippen LogP contribution in [-0.4, -0.2) is 41.9 Å². The zero-order valence-electron chi connectivity index (χ0n) is 17.2. The molecule has 1 fully saturated rings. The minimum Gasteiger partial charge on any atom is -0.369 e. The number of imidazole rings is 1. The standard InChI is InChI=1S/C25H24N4OS/c30-24(18-6-2-1-3-7-18)19-10-11-21-22(16-19)28-25(27-21)31-17-20-8-4-5-9-23(20)29-14-12-26-13-15-29/h1-11,16,26H,12-15,17H2,(H,27,28). The lowest BCUT2D eigenvalue weighted by Crippen LogP contribution is -2.43. The molecule has 2 heterocycles. The van der Waals surface area contributed by atoms with E-state index in [-0.39, 0.29) is 5.78 Å². The van der Waals surface area contributed by atoms with Crippen molar-refractivity contribution in [3.63, 3.8) is 0 Å². The third-order valence-electron chi connectivity index (χ3n) is 5.57. The first kappa shape index (κ1) is 19.8. The second kappa shape index (κ2) is 8.96. The van der Waals surface area contributed by atoms with E-state index in [1.807, 2.05) is 48.5 Å². The number of carbonyl (C=O) groups excluding carboxylic acids is 1. The number of carbonyl (C=O) groups is 1. The number of rotatable bonds is 6. The number of hydrogen-bond acceptors (Lipinski definition) is 5. The molecule has 5 rings (SSSR count). The lowest BCUT2D eigenvalue weighted by molar-refractivity contribution is 0.103. The predicted molar refractivity (Wildman–Crippen MR) is 127 cm³/mol. The summed E-state index contributed by atoms with van der Waals surface area (Å²) in [6.45, 7) is 4.11. The Kier molecular flexibility index (Phi) is 5.74. The Labute approximate surface area is 185 Å². The molecule has 5 nitrogen and oxygen atoms in total. The van der Waals surface area contributed by atoms with Crippen LogP contribution in [0.25, 0.3) is 11.0 Å². The van der Waals surface area contributed by atoms with Gasteiger partial charge in [-0.2, -0.15) is 0 Å². The third-order valence-corrected chi connectivity index (χ3v) is 6.49. The van der Waals surface area contributed by atoms with E-state index in [1.165, 1.54) is 11.3 Å². The molecule has 2 N–H and O–H groups in total. The van der Waals surface area contributed by atoms with Crippen molar-refractivity contribution in [3.05, 3.63) is 89.5 Å². The molecule has 4 aromatic rings. The highest BCUT2D eigenvalue weighted by Crippen LogP contribution is 2.29. The molecule has 3 aromatic carbocycles. The molecule has 1 aliphatic rings. The Morgan fingerprint density at radius 1 is 0.935 bits per heavy atom. The summed E-state index contributed by atoms with van der Waals surface area (Å²) >= 11 is 1.69. The number of piperazine rings is 1. The van der Waals surface area contributed by atoms with Crippen LogP contribution in [0, 0.1) is 0 Å². The topological polar surface area (TPSA) is 61.0 Å². The van der Waals surface area contributed by atoms with E-state index >= 15 is 0 Å². The van der Waals surface area contributed by atoms with Crippen LogP contribution in [0.1, 0.15) is 21.5 Å². The van der Waals surface area contributed by atoms with Gasteiger partial charge in [-0.3, -0.25) is 4.79 Å². The number of thioether (sulfide) groups is 1. The second-order valence-corrected chi connectivity index (χ2v) is 8.59. The van der Waals surface area contributed by atoms with Crippen molar-refractivity contribution in [2.24, 2.45) is 0 Å². The van der Waals surface area contributed by atoms with Gasteiger partial charge in [0.05, 0.1) is 11.0 Å². The van der Waals surface area contributed by atoms with Crippen LogP contribution in [0.4, 0.5) is 5.69 Å². The second-order valence-electron chi connectivity index (χ2n) is 7.62. The van der Waals surface area contributed by atoms with Gasteiger partial charge in [-0.1, -0.05) is 60.3 Å². The van der Waals surface area contributed by atoms with Crippen LogP contribution >= 0.6 is 11.8 Å². The van der Waals surface area contributed by atoms with Crippen LogP contribution in [0.3, 0.4) is 0 Å². The summed E-state index contributed by atoms with van der Waals surface area (Å²) in [7, 11) is 0. The molecule has 0 bridgehead atoms. The molecule has 1 aromatic heterocycles. The first-order chi connectivity index (χ1) is 15.3. The molecule has 0 saturated carbocycles. The van der Waals surface area contributed by atoms with Gasteiger partial charge in [-0.25, -0.2) is 4.98 Å². The van der Waals surface area contributed by atoms with E-state index in [9.17, 15) is 4.79 Å². The number of anilines is 1. The Bertz CT molecular complexity index is 1200. The van der Waals surface area contributed by atoms with Gasteiger partial charge in [0.25, 0.3) is 0 Å². The van der Waals surface area contributed by atoms with Crippen molar-refractivity contribution >= 4 is 34.3 Å². The number of ketones is 1. The van der Waals surface area contributed by atoms with Gasteiger partial charge in [-0.15, -0.1) is 0 Å². The van der Waals surface area contributed by atoms with Crippen LogP contribution in [0.15, 0.2) is 78.0 Å². The number of benzene rings is 3. The van der Waals surface area contributed by atoms with Gasteiger partial charge in [-0.05, 0) is 29.8 Å². The summed E-state index contributed by atoms with van der Waals surface area (Å²) in [5.74, 6) is 0.867. The highest BCUT2D eigenvalue weighted by molar-refractivity contribution is 7.98. The lowest BCUT2D eigenvalue weighted by Gasteiger charge is -2.31. The zero-order valence-corrected chi connectivity index (χ0v) is 18.0. The quantitative estimate of drug-likeness (QED) is 0.350. The first-order valence-electron chi connectivity index (χ1n) is 10.5. The van der Waals surface area contributed by atoms with Gasteiger partial charge in [0.15, 0.2) is 10.9 Å². The smallest absolute Gasteiger partial charge is 0.193 e. The number of aromatic amines is 1. The molecular formula is C25H24N4OS. The fraction of sp³-hybridized carbons (Fsp3) is 0.200. The third kappa shape index (κ3) is 4.36. The van der Waals surface area contributed by atoms with Gasteiger partial charge in [0.1, 0.15) is 0 Å². The number of nitrogens with zero attached hydrogens (tertiary/aromatic N) is 2. The average molecular weight is 429 g/mol. The Hall–Kier alpha value is -3.09. The van der Waals surface area contributed by atoms with Crippen molar-refractivity contribution in [2.45, 2.75) is 10.9 Å². The average Bonchev–Trinajstić information content (AvgIpc) is 3.26.